The van der Waals surface area contributed by atoms with Crippen LogP contribution in [0.4, 0.5) is 5.69 Å². The summed E-state index contributed by atoms with van der Waals surface area (Å²) < 4.78 is 0. The van der Waals surface area contributed by atoms with Gasteiger partial charge in [-0.2, -0.15) is 0 Å². The predicted octanol–water partition coefficient (Wildman–Crippen LogP) is 1.92. The second-order valence-electron chi connectivity index (χ2n) is 4.11. The van der Waals surface area contributed by atoms with Gasteiger partial charge < -0.3 is 10.6 Å². The van der Waals surface area contributed by atoms with Crippen LogP contribution in [0.5, 0.6) is 0 Å². The van der Waals surface area contributed by atoms with Crippen LogP contribution in [0.15, 0.2) is 18.5 Å². The van der Waals surface area contributed by atoms with Gasteiger partial charge in [0.1, 0.15) is 0 Å². The zero-order valence-corrected chi connectivity index (χ0v) is 9.32. The molecule has 1 aromatic rings. The Kier molecular flexibility index (Phi) is 3.21. The Morgan fingerprint density at radius 1 is 1.60 bits per heavy atom. The van der Waals surface area contributed by atoms with Gasteiger partial charge in [-0.3, -0.25) is 4.98 Å². The Balaban J connectivity index is 2.27. The van der Waals surface area contributed by atoms with E-state index in [-0.39, 0.29) is 0 Å². The number of aromatic nitrogens is 1. The van der Waals surface area contributed by atoms with Gasteiger partial charge in [-0.15, -0.1) is 0 Å². The Bertz CT molecular complexity index is 324. The third-order valence-corrected chi connectivity index (χ3v) is 3.26. The van der Waals surface area contributed by atoms with Crippen LogP contribution in [0.3, 0.4) is 0 Å². The first kappa shape index (κ1) is 10.4. The molecule has 1 unspecified atom stereocenters. The summed E-state index contributed by atoms with van der Waals surface area (Å²) in [5.41, 5.74) is 8.19. The van der Waals surface area contributed by atoms with Gasteiger partial charge in [-0.1, -0.05) is 6.92 Å². The van der Waals surface area contributed by atoms with Crippen LogP contribution in [-0.2, 0) is 6.54 Å². The van der Waals surface area contributed by atoms with E-state index in [9.17, 15) is 0 Å². The Labute approximate surface area is 91.3 Å². The molecule has 0 spiro atoms. The lowest BCUT2D eigenvalue weighted by atomic mass is 10.1. The van der Waals surface area contributed by atoms with E-state index in [1.807, 2.05) is 12.4 Å². The van der Waals surface area contributed by atoms with E-state index < -0.39 is 0 Å². The zero-order valence-electron chi connectivity index (χ0n) is 9.32. The molecule has 1 atom stereocenters. The van der Waals surface area contributed by atoms with Gasteiger partial charge in [0.15, 0.2) is 0 Å². The fourth-order valence-electron chi connectivity index (χ4n) is 2.43. The molecule has 82 valence electrons. The number of anilines is 1. The van der Waals surface area contributed by atoms with E-state index in [2.05, 4.69) is 22.9 Å². The van der Waals surface area contributed by atoms with Crippen LogP contribution >= 0.6 is 0 Å². The van der Waals surface area contributed by atoms with Crippen LogP contribution in [0.2, 0.25) is 0 Å². The second kappa shape index (κ2) is 4.62. The Morgan fingerprint density at radius 3 is 3.20 bits per heavy atom. The minimum Gasteiger partial charge on any atom is -0.368 e. The maximum absolute atomic E-state index is 5.74. The topological polar surface area (TPSA) is 42.2 Å². The maximum Gasteiger partial charge on any atom is 0.0445 e. The lowest BCUT2D eigenvalue weighted by Gasteiger charge is -2.27. The molecule has 1 aromatic heterocycles. The molecule has 1 fully saturated rings. The molecule has 2 rings (SSSR count). The monoisotopic (exact) mass is 205 g/mol. The van der Waals surface area contributed by atoms with Gasteiger partial charge in [0.25, 0.3) is 0 Å². The third-order valence-electron chi connectivity index (χ3n) is 3.26. The molecule has 1 aliphatic heterocycles. The van der Waals surface area contributed by atoms with Crippen molar-refractivity contribution >= 4 is 5.69 Å². The zero-order chi connectivity index (χ0) is 10.7. The summed E-state index contributed by atoms with van der Waals surface area (Å²) in [5.74, 6) is 0. The largest absolute Gasteiger partial charge is 0.368 e. The highest BCUT2D eigenvalue weighted by Crippen LogP contribution is 2.29. The van der Waals surface area contributed by atoms with Crippen molar-refractivity contribution in [2.75, 3.05) is 11.4 Å². The highest BCUT2D eigenvalue weighted by Gasteiger charge is 2.24. The van der Waals surface area contributed by atoms with Crippen molar-refractivity contribution in [3.8, 4) is 0 Å². The van der Waals surface area contributed by atoms with Crippen molar-refractivity contribution < 1.29 is 0 Å². The lowest BCUT2D eigenvalue weighted by Crippen LogP contribution is -2.29. The average Bonchev–Trinajstić information content (AvgIpc) is 2.76. The first-order chi connectivity index (χ1) is 7.36. The number of hydrogen-bond acceptors (Lipinski definition) is 3. The van der Waals surface area contributed by atoms with Crippen molar-refractivity contribution in [2.45, 2.75) is 38.8 Å². The summed E-state index contributed by atoms with van der Waals surface area (Å²) in [7, 11) is 0. The van der Waals surface area contributed by atoms with Crippen LogP contribution in [0.25, 0.3) is 0 Å². The quantitative estimate of drug-likeness (QED) is 0.819. The summed E-state index contributed by atoms with van der Waals surface area (Å²) >= 11 is 0. The smallest absolute Gasteiger partial charge is 0.0445 e. The number of rotatable bonds is 3. The maximum atomic E-state index is 5.74. The molecule has 1 saturated heterocycles. The summed E-state index contributed by atoms with van der Waals surface area (Å²) in [4.78, 5) is 6.62. The number of nitrogens with zero attached hydrogens (tertiary/aromatic N) is 2. The van der Waals surface area contributed by atoms with Crippen LogP contribution < -0.4 is 10.6 Å². The van der Waals surface area contributed by atoms with Crippen LogP contribution in [-0.4, -0.2) is 17.6 Å². The molecule has 3 heteroatoms. The van der Waals surface area contributed by atoms with Crippen molar-refractivity contribution in [1.29, 1.82) is 0 Å². The predicted molar refractivity (Wildman–Crippen MR) is 62.8 cm³/mol. The van der Waals surface area contributed by atoms with Crippen molar-refractivity contribution in [2.24, 2.45) is 5.73 Å². The minimum absolute atomic E-state index is 0.579. The van der Waals surface area contributed by atoms with Gasteiger partial charge in [0.2, 0.25) is 0 Å². The lowest BCUT2D eigenvalue weighted by molar-refractivity contribution is 0.643. The third kappa shape index (κ3) is 1.97. The van der Waals surface area contributed by atoms with Gasteiger partial charge in [0.05, 0.1) is 0 Å². The van der Waals surface area contributed by atoms with E-state index in [1.165, 1.54) is 24.9 Å². The van der Waals surface area contributed by atoms with Gasteiger partial charge in [0, 0.05) is 42.8 Å². The average molecular weight is 205 g/mol. The fraction of sp³-hybridized carbons (Fsp3) is 0.583. The molecule has 0 aliphatic carbocycles. The van der Waals surface area contributed by atoms with Crippen molar-refractivity contribution in [3.63, 3.8) is 0 Å². The normalized spacial score (nSPS) is 20.9. The summed E-state index contributed by atoms with van der Waals surface area (Å²) in [6, 6.07) is 2.79. The molecule has 0 radical (unpaired) electrons. The van der Waals surface area contributed by atoms with E-state index in [0.717, 1.165) is 12.1 Å². The molecular weight excluding hydrogens is 186 g/mol. The first-order valence-electron chi connectivity index (χ1n) is 5.76. The van der Waals surface area contributed by atoms with Crippen LogP contribution in [0, 0.1) is 0 Å². The fourth-order valence-corrected chi connectivity index (χ4v) is 2.43. The van der Waals surface area contributed by atoms with Crippen LogP contribution in [0.1, 0.15) is 31.7 Å². The highest BCUT2D eigenvalue weighted by molar-refractivity contribution is 5.53. The number of nitrogens with two attached hydrogens (primary N) is 1. The van der Waals surface area contributed by atoms with E-state index in [1.54, 1.807) is 0 Å². The van der Waals surface area contributed by atoms with Gasteiger partial charge >= 0.3 is 0 Å². The second-order valence-corrected chi connectivity index (χ2v) is 4.11. The molecule has 0 bridgehead atoms. The molecule has 0 amide bonds. The van der Waals surface area contributed by atoms with E-state index >= 15 is 0 Å². The molecule has 0 aromatic carbocycles. The minimum atomic E-state index is 0.579. The molecule has 3 nitrogen and oxygen atoms in total. The molecule has 1 aliphatic rings. The van der Waals surface area contributed by atoms with E-state index in [0.29, 0.717) is 12.6 Å². The SMILES string of the molecule is CCC1CCCN1c1ccncc1CN. The first-order valence-corrected chi connectivity index (χ1v) is 5.76. The number of pyridine rings is 1. The molecule has 2 heterocycles. The summed E-state index contributed by atoms with van der Waals surface area (Å²) in [5, 5.41) is 0. The number of hydrogen-bond donors (Lipinski definition) is 1. The summed E-state index contributed by atoms with van der Waals surface area (Å²) in [6.45, 7) is 4.00. The molecule has 2 N–H and O–H groups in total. The molecule has 15 heavy (non-hydrogen) atoms. The Hall–Kier alpha value is -1.09. The Morgan fingerprint density at radius 2 is 2.47 bits per heavy atom. The highest BCUT2D eigenvalue weighted by atomic mass is 15.2. The van der Waals surface area contributed by atoms with Crippen molar-refractivity contribution in [3.05, 3.63) is 24.0 Å². The van der Waals surface area contributed by atoms with E-state index in [4.69, 9.17) is 5.73 Å². The van der Waals surface area contributed by atoms with Crippen molar-refractivity contribution in [1.82, 2.24) is 4.98 Å². The molecular formula is C12H19N3. The van der Waals surface area contributed by atoms with Gasteiger partial charge in [-0.05, 0) is 25.3 Å². The summed E-state index contributed by atoms with van der Waals surface area (Å²) in [6.07, 6.45) is 7.57. The van der Waals surface area contributed by atoms with Gasteiger partial charge in [-0.25, -0.2) is 0 Å². The molecule has 0 saturated carbocycles. The standard InChI is InChI=1S/C12H19N3/c1-2-11-4-3-7-15(11)12-5-6-14-9-10(12)8-13/h5-6,9,11H,2-4,7-8,13H2,1H3.